The topological polar surface area (TPSA) is 102 Å². The summed E-state index contributed by atoms with van der Waals surface area (Å²) in [6, 6.07) is 7.81. The second kappa shape index (κ2) is 13.1. The molecular formula is C27H38N2O6S. The van der Waals surface area contributed by atoms with Crippen LogP contribution in [-0.4, -0.2) is 57.7 Å². The van der Waals surface area contributed by atoms with Crippen LogP contribution in [0.5, 0.6) is 0 Å². The number of β-lactam (4-membered cyclic amide) rings is 1. The smallest absolute Gasteiger partial charge is 0.333 e. The maximum Gasteiger partial charge on any atom is 0.333 e. The zero-order valence-electron chi connectivity index (χ0n) is 21.5. The molecule has 1 aromatic carbocycles. The summed E-state index contributed by atoms with van der Waals surface area (Å²) >= 11 is 1.46. The fraction of sp³-hybridized carbons (Fsp3) is 0.630. The summed E-state index contributed by atoms with van der Waals surface area (Å²) in [6.45, 7) is 5.45. The lowest BCUT2D eigenvalue weighted by atomic mass is 9.96. The first-order chi connectivity index (χ1) is 17.2. The Bertz CT molecular complexity index is 922. The first kappa shape index (κ1) is 28.0. The van der Waals surface area contributed by atoms with Gasteiger partial charge in [-0.25, -0.2) is 4.79 Å². The molecule has 0 aromatic heterocycles. The lowest BCUT2D eigenvalue weighted by Crippen LogP contribution is -2.70. The predicted molar refractivity (Wildman–Crippen MR) is 138 cm³/mol. The third-order valence-corrected chi connectivity index (χ3v) is 8.17. The molecule has 2 amide bonds. The summed E-state index contributed by atoms with van der Waals surface area (Å²) in [4.78, 5) is 51.5. The highest BCUT2D eigenvalue weighted by molar-refractivity contribution is 8.01. The Morgan fingerprint density at radius 1 is 1.00 bits per heavy atom. The fourth-order valence-electron chi connectivity index (χ4n) is 4.66. The average molecular weight is 519 g/mol. The van der Waals surface area contributed by atoms with E-state index >= 15 is 0 Å². The SMILES string of the molecule is CCCCCCCCCC(=O)OCOC(=O)[C@@H]1N2C(=O)[C@@H](NC(=O)Cc3ccccc3)[C@H]2SC1(C)C. The Labute approximate surface area is 217 Å². The summed E-state index contributed by atoms with van der Waals surface area (Å²) in [5, 5.41) is 2.46. The molecule has 0 unspecified atom stereocenters. The van der Waals surface area contributed by atoms with E-state index in [4.69, 9.17) is 9.47 Å². The van der Waals surface area contributed by atoms with Crippen LogP contribution in [0.2, 0.25) is 0 Å². The van der Waals surface area contributed by atoms with Gasteiger partial charge in [0.25, 0.3) is 0 Å². The van der Waals surface area contributed by atoms with Gasteiger partial charge in [-0.3, -0.25) is 14.4 Å². The highest BCUT2D eigenvalue weighted by atomic mass is 32.2. The minimum Gasteiger partial charge on any atom is -0.428 e. The molecule has 0 saturated carbocycles. The summed E-state index contributed by atoms with van der Waals surface area (Å²) in [5.41, 5.74) is 0.862. The van der Waals surface area contributed by atoms with Gasteiger partial charge >= 0.3 is 11.9 Å². The monoisotopic (exact) mass is 518 g/mol. The van der Waals surface area contributed by atoms with Gasteiger partial charge in [-0.1, -0.05) is 75.8 Å². The Morgan fingerprint density at radius 2 is 1.67 bits per heavy atom. The predicted octanol–water partition coefficient (Wildman–Crippen LogP) is 3.96. The number of hydrogen-bond donors (Lipinski definition) is 1. The molecule has 2 saturated heterocycles. The summed E-state index contributed by atoms with van der Waals surface area (Å²) < 4.78 is 9.68. The summed E-state index contributed by atoms with van der Waals surface area (Å²) in [6.07, 6.45) is 8.19. The van der Waals surface area contributed by atoms with E-state index < -0.39 is 35.6 Å². The van der Waals surface area contributed by atoms with Crippen LogP contribution in [0, 0.1) is 0 Å². The number of esters is 2. The maximum absolute atomic E-state index is 12.9. The Morgan fingerprint density at radius 3 is 2.36 bits per heavy atom. The number of thioether (sulfide) groups is 1. The number of hydrogen-bond acceptors (Lipinski definition) is 7. The number of fused-ring (bicyclic) bond motifs is 1. The highest BCUT2D eigenvalue weighted by Gasteiger charge is 2.64. The number of ether oxygens (including phenoxy) is 2. The minimum atomic E-state index is -0.816. The molecule has 2 fully saturated rings. The van der Waals surface area contributed by atoms with E-state index in [9.17, 15) is 19.2 Å². The average Bonchev–Trinajstić information content (AvgIpc) is 3.10. The number of rotatable bonds is 14. The molecule has 0 aliphatic carbocycles. The molecular weight excluding hydrogens is 480 g/mol. The molecule has 0 spiro atoms. The van der Waals surface area contributed by atoms with Gasteiger partial charge in [0.1, 0.15) is 17.5 Å². The number of nitrogens with zero attached hydrogens (tertiary/aromatic N) is 1. The van der Waals surface area contributed by atoms with E-state index in [2.05, 4.69) is 12.2 Å². The molecule has 3 rings (SSSR count). The third-order valence-electron chi connectivity index (χ3n) is 6.59. The van der Waals surface area contributed by atoms with Crippen molar-refractivity contribution in [2.24, 2.45) is 0 Å². The minimum absolute atomic E-state index is 0.182. The lowest BCUT2D eigenvalue weighted by molar-refractivity contribution is -0.176. The number of unbranched alkanes of at least 4 members (excludes halogenated alkanes) is 6. The third kappa shape index (κ3) is 7.24. The van der Waals surface area contributed by atoms with Crippen molar-refractivity contribution in [1.29, 1.82) is 0 Å². The standard InChI is InChI=1S/C27H38N2O6S/c1-4-5-6-7-8-9-13-16-21(31)34-18-35-26(33)23-27(2,3)36-25-22(24(32)29(23)25)28-20(30)17-19-14-11-10-12-15-19/h10-12,14-15,22-23,25H,4-9,13,16-18H2,1-3H3,(H,28,30)/t22-,23+,25-/m1/s1. The van der Waals surface area contributed by atoms with Gasteiger partial charge in [-0.15, -0.1) is 11.8 Å². The van der Waals surface area contributed by atoms with E-state index in [0.29, 0.717) is 6.42 Å². The summed E-state index contributed by atoms with van der Waals surface area (Å²) in [5.74, 6) is -1.55. The maximum atomic E-state index is 12.9. The first-order valence-electron chi connectivity index (χ1n) is 12.9. The van der Waals surface area contributed by atoms with Crippen LogP contribution in [0.3, 0.4) is 0 Å². The van der Waals surface area contributed by atoms with Crippen molar-refractivity contribution in [2.45, 2.75) is 101 Å². The van der Waals surface area contributed by atoms with Gasteiger partial charge in [-0.05, 0) is 25.8 Å². The largest absolute Gasteiger partial charge is 0.428 e. The summed E-state index contributed by atoms with van der Waals surface area (Å²) in [7, 11) is 0. The number of benzene rings is 1. The number of carbonyl (C=O) groups is 4. The van der Waals surface area contributed by atoms with Crippen molar-refractivity contribution in [2.75, 3.05) is 6.79 Å². The Balaban J connectivity index is 1.40. The fourth-order valence-corrected chi connectivity index (χ4v) is 6.28. The molecule has 2 aliphatic heterocycles. The van der Waals surface area contributed by atoms with E-state index in [-0.39, 0.29) is 23.6 Å². The van der Waals surface area contributed by atoms with Crippen LogP contribution in [0.1, 0.15) is 77.7 Å². The van der Waals surface area contributed by atoms with Gasteiger partial charge in [-0.2, -0.15) is 0 Å². The van der Waals surface area contributed by atoms with Crippen LogP contribution in [0.15, 0.2) is 30.3 Å². The lowest BCUT2D eigenvalue weighted by Gasteiger charge is -2.43. The van der Waals surface area contributed by atoms with E-state index in [1.54, 1.807) is 0 Å². The van der Waals surface area contributed by atoms with Gasteiger partial charge in [0.15, 0.2) is 0 Å². The second-order valence-corrected chi connectivity index (χ2v) is 11.7. The Hall–Kier alpha value is -2.55. The molecule has 3 atom stereocenters. The van der Waals surface area contributed by atoms with Crippen LogP contribution >= 0.6 is 11.8 Å². The van der Waals surface area contributed by atoms with Crippen molar-refractivity contribution in [3.63, 3.8) is 0 Å². The first-order valence-corrected chi connectivity index (χ1v) is 13.8. The van der Waals surface area contributed by atoms with Crippen LogP contribution in [0.25, 0.3) is 0 Å². The molecule has 36 heavy (non-hydrogen) atoms. The number of nitrogens with one attached hydrogen (secondary N) is 1. The van der Waals surface area contributed by atoms with Crippen molar-refractivity contribution in [1.82, 2.24) is 10.2 Å². The van der Waals surface area contributed by atoms with Crippen molar-refractivity contribution >= 4 is 35.5 Å². The van der Waals surface area contributed by atoms with Gasteiger partial charge in [0.2, 0.25) is 18.6 Å². The zero-order valence-corrected chi connectivity index (χ0v) is 22.3. The van der Waals surface area contributed by atoms with Crippen LogP contribution in [0.4, 0.5) is 0 Å². The quantitative estimate of drug-likeness (QED) is 0.172. The zero-order chi connectivity index (χ0) is 26.1. The van der Waals surface area contributed by atoms with Gasteiger partial charge < -0.3 is 19.7 Å². The molecule has 0 radical (unpaired) electrons. The Kier molecular flexibility index (Phi) is 10.2. The second-order valence-electron chi connectivity index (χ2n) is 9.94. The molecule has 2 heterocycles. The molecule has 0 bridgehead atoms. The molecule has 1 aromatic rings. The molecule has 2 aliphatic rings. The normalized spacial score (nSPS) is 21.9. The number of amides is 2. The van der Waals surface area contributed by atoms with E-state index in [1.807, 2.05) is 44.2 Å². The molecule has 9 heteroatoms. The highest BCUT2D eigenvalue weighted by Crippen LogP contribution is 2.51. The number of carbonyl (C=O) groups excluding carboxylic acids is 4. The van der Waals surface area contributed by atoms with E-state index in [0.717, 1.165) is 24.8 Å². The van der Waals surface area contributed by atoms with Gasteiger partial charge in [0, 0.05) is 11.2 Å². The van der Waals surface area contributed by atoms with Crippen molar-refractivity contribution in [3.8, 4) is 0 Å². The van der Waals surface area contributed by atoms with E-state index in [1.165, 1.54) is 42.3 Å². The molecule has 8 nitrogen and oxygen atoms in total. The van der Waals surface area contributed by atoms with Crippen molar-refractivity contribution < 1.29 is 28.7 Å². The van der Waals surface area contributed by atoms with Gasteiger partial charge in [0.05, 0.1) is 6.42 Å². The van der Waals surface area contributed by atoms with Crippen molar-refractivity contribution in [3.05, 3.63) is 35.9 Å². The molecule has 198 valence electrons. The van der Waals surface area contributed by atoms with Crippen LogP contribution < -0.4 is 5.32 Å². The van der Waals surface area contributed by atoms with Crippen LogP contribution in [-0.2, 0) is 35.1 Å². The molecule has 1 N–H and O–H groups in total.